The minimum absolute atomic E-state index is 0.157. The molecule has 122 valence electrons. The molecular weight excluding hydrogens is 282 g/mol. The maximum absolute atomic E-state index is 12.0. The Hall–Kier alpha value is -1.88. The first-order valence-electron chi connectivity index (χ1n) is 7.38. The number of hydroxylamine groups is 1. The number of carbonyl (C=O) groups excluding carboxylic acids is 2. The fourth-order valence-electron chi connectivity index (χ4n) is 2.21. The van der Waals surface area contributed by atoms with E-state index in [4.69, 9.17) is 9.57 Å². The Morgan fingerprint density at radius 3 is 2.18 bits per heavy atom. The monoisotopic (exact) mass is 307 g/mol. The van der Waals surface area contributed by atoms with Crippen LogP contribution in [0.4, 0.5) is 0 Å². The summed E-state index contributed by atoms with van der Waals surface area (Å²) in [5.74, 6) is -0.905. The minimum atomic E-state index is -1.08. The standard InChI is InChI=1S/C17H25NO4/c1-7-21-16(20)17(5,6)18-22-15(19)10-14-12(3)8-11(2)9-13(14)4/h8-9,18H,7,10H2,1-6H3. The molecule has 0 aromatic heterocycles. The third-order valence-corrected chi connectivity index (χ3v) is 3.37. The van der Waals surface area contributed by atoms with E-state index < -0.39 is 17.5 Å². The van der Waals surface area contributed by atoms with Crippen LogP contribution in [-0.2, 0) is 25.6 Å². The molecule has 1 aromatic carbocycles. The van der Waals surface area contributed by atoms with Crippen LogP contribution in [0.5, 0.6) is 0 Å². The van der Waals surface area contributed by atoms with Gasteiger partial charge in [-0.2, -0.15) is 0 Å². The van der Waals surface area contributed by atoms with E-state index in [1.165, 1.54) is 0 Å². The molecule has 0 spiro atoms. The number of rotatable bonds is 6. The van der Waals surface area contributed by atoms with E-state index in [2.05, 4.69) is 5.48 Å². The van der Waals surface area contributed by atoms with Crippen molar-refractivity contribution < 1.29 is 19.2 Å². The summed E-state index contributed by atoms with van der Waals surface area (Å²) in [7, 11) is 0. The van der Waals surface area contributed by atoms with Crippen molar-refractivity contribution in [3.8, 4) is 0 Å². The van der Waals surface area contributed by atoms with Crippen molar-refractivity contribution in [3.05, 3.63) is 34.4 Å². The van der Waals surface area contributed by atoms with Crippen molar-refractivity contribution in [2.24, 2.45) is 0 Å². The molecule has 0 bridgehead atoms. The van der Waals surface area contributed by atoms with Gasteiger partial charge in [-0.05, 0) is 58.2 Å². The summed E-state index contributed by atoms with van der Waals surface area (Å²) in [5, 5.41) is 0. The number of nitrogens with one attached hydrogen (secondary N) is 1. The van der Waals surface area contributed by atoms with Crippen molar-refractivity contribution in [3.63, 3.8) is 0 Å². The van der Waals surface area contributed by atoms with Gasteiger partial charge in [0.2, 0.25) is 0 Å². The molecule has 0 amide bonds. The zero-order valence-corrected chi connectivity index (χ0v) is 14.2. The van der Waals surface area contributed by atoms with Crippen LogP contribution >= 0.6 is 0 Å². The lowest BCUT2D eigenvalue weighted by molar-refractivity contribution is -0.165. The molecule has 0 aliphatic rings. The van der Waals surface area contributed by atoms with Crippen LogP contribution in [0.3, 0.4) is 0 Å². The normalized spacial score (nSPS) is 11.2. The molecule has 1 aromatic rings. The van der Waals surface area contributed by atoms with Crippen LogP contribution in [0.25, 0.3) is 0 Å². The highest BCUT2D eigenvalue weighted by Gasteiger charge is 2.30. The number of hydrogen-bond donors (Lipinski definition) is 1. The zero-order valence-electron chi connectivity index (χ0n) is 14.2. The van der Waals surface area contributed by atoms with Gasteiger partial charge in [0.05, 0.1) is 13.0 Å². The summed E-state index contributed by atoms with van der Waals surface area (Å²) < 4.78 is 4.92. The largest absolute Gasteiger partial charge is 0.465 e. The van der Waals surface area contributed by atoms with E-state index in [-0.39, 0.29) is 13.0 Å². The Morgan fingerprint density at radius 1 is 1.14 bits per heavy atom. The second kappa shape index (κ2) is 7.40. The first kappa shape index (κ1) is 18.2. The lowest BCUT2D eigenvalue weighted by atomic mass is 9.97. The summed E-state index contributed by atoms with van der Waals surface area (Å²) in [6.07, 6.45) is 0.157. The average molecular weight is 307 g/mol. The van der Waals surface area contributed by atoms with Gasteiger partial charge in [0.1, 0.15) is 5.54 Å². The molecule has 0 saturated heterocycles. The van der Waals surface area contributed by atoms with Crippen molar-refractivity contribution in [1.29, 1.82) is 0 Å². The van der Waals surface area contributed by atoms with Crippen molar-refractivity contribution >= 4 is 11.9 Å². The topological polar surface area (TPSA) is 64.6 Å². The van der Waals surface area contributed by atoms with Gasteiger partial charge in [0.15, 0.2) is 0 Å². The van der Waals surface area contributed by atoms with Gasteiger partial charge in [-0.1, -0.05) is 17.7 Å². The number of aryl methyl sites for hydroxylation is 3. The Morgan fingerprint density at radius 2 is 1.68 bits per heavy atom. The van der Waals surface area contributed by atoms with Gasteiger partial charge < -0.3 is 9.57 Å². The van der Waals surface area contributed by atoms with E-state index in [9.17, 15) is 9.59 Å². The highest BCUT2D eigenvalue weighted by Crippen LogP contribution is 2.17. The van der Waals surface area contributed by atoms with Gasteiger partial charge in [-0.25, -0.2) is 4.79 Å². The predicted molar refractivity (Wildman–Crippen MR) is 84.3 cm³/mol. The Bertz CT molecular complexity index is 541. The number of carbonyl (C=O) groups is 2. The van der Waals surface area contributed by atoms with Crippen molar-refractivity contribution in [2.75, 3.05) is 6.61 Å². The average Bonchev–Trinajstić information content (AvgIpc) is 2.41. The number of hydrogen-bond acceptors (Lipinski definition) is 5. The van der Waals surface area contributed by atoms with E-state index in [0.717, 1.165) is 22.3 Å². The van der Waals surface area contributed by atoms with Crippen LogP contribution in [0, 0.1) is 20.8 Å². The molecule has 5 nitrogen and oxygen atoms in total. The molecule has 1 rings (SSSR count). The summed E-state index contributed by atoms with van der Waals surface area (Å²) >= 11 is 0. The van der Waals surface area contributed by atoms with Crippen LogP contribution in [0.2, 0.25) is 0 Å². The van der Waals surface area contributed by atoms with E-state index in [0.29, 0.717) is 0 Å². The fraction of sp³-hybridized carbons (Fsp3) is 0.529. The number of benzene rings is 1. The summed E-state index contributed by atoms with van der Waals surface area (Å²) in [6.45, 7) is 11.2. The summed E-state index contributed by atoms with van der Waals surface area (Å²) in [5.41, 5.74) is 5.63. The van der Waals surface area contributed by atoms with Gasteiger partial charge in [-0.3, -0.25) is 4.79 Å². The molecule has 22 heavy (non-hydrogen) atoms. The lowest BCUT2D eigenvalue weighted by Crippen LogP contribution is -2.48. The molecule has 0 unspecified atom stereocenters. The zero-order chi connectivity index (χ0) is 16.9. The second-order valence-electron chi connectivity index (χ2n) is 5.98. The fourth-order valence-corrected chi connectivity index (χ4v) is 2.21. The van der Waals surface area contributed by atoms with Crippen molar-refractivity contribution in [1.82, 2.24) is 5.48 Å². The molecule has 0 aliphatic heterocycles. The van der Waals surface area contributed by atoms with Gasteiger partial charge in [0.25, 0.3) is 0 Å². The highest BCUT2D eigenvalue weighted by atomic mass is 16.7. The molecule has 0 fully saturated rings. The summed E-state index contributed by atoms with van der Waals surface area (Å²) in [6, 6.07) is 4.07. The van der Waals surface area contributed by atoms with Crippen LogP contribution < -0.4 is 5.48 Å². The van der Waals surface area contributed by atoms with Crippen molar-refractivity contribution in [2.45, 2.75) is 53.5 Å². The Labute approximate surface area is 131 Å². The smallest absolute Gasteiger partial charge is 0.329 e. The highest BCUT2D eigenvalue weighted by molar-refractivity contribution is 5.80. The first-order chi connectivity index (χ1) is 10.2. The number of esters is 1. The maximum Gasteiger partial charge on any atom is 0.329 e. The molecule has 0 radical (unpaired) electrons. The molecule has 0 heterocycles. The lowest BCUT2D eigenvalue weighted by Gasteiger charge is -2.22. The molecule has 0 saturated carbocycles. The third kappa shape index (κ3) is 4.84. The molecule has 0 atom stereocenters. The predicted octanol–water partition coefficient (Wildman–Crippen LogP) is 2.54. The molecular formula is C17H25NO4. The minimum Gasteiger partial charge on any atom is -0.465 e. The van der Waals surface area contributed by atoms with E-state index in [1.807, 2.05) is 32.9 Å². The van der Waals surface area contributed by atoms with Crippen LogP contribution in [0.15, 0.2) is 12.1 Å². The SMILES string of the molecule is CCOC(=O)C(C)(C)NOC(=O)Cc1c(C)cc(C)cc1C. The molecule has 0 aliphatic carbocycles. The van der Waals surface area contributed by atoms with E-state index >= 15 is 0 Å². The first-order valence-corrected chi connectivity index (χ1v) is 7.38. The molecule has 1 N–H and O–H groups in total. The second-order valence-corrected chi connectivity index (χ2v) is 5.98. The Balaban J connectivity index is 2.66. The van der Waals surface area contributed by atoms with Gasteiger partial charge >= 0.3 is 11.9 Å². The number of ether oxygens (including phenoxy) is 1. The van der Waals surface area contributed by atoms with Crippen LogP contribution in [-0.4, -0.2) is 24.1 Å². The van der Waals surface area contributed by atoms with Gasteiger partial charge in [0, 0.05) is 0 Å². The molecule has 5 heteroatoms. The Kier molecular flexibility index (Phi) is 6.11. The quantitative estimate of drug-likeness (QED) is 0.646. The van der Waals surface area contributed by atoms with Gasteiger partial charge in [-0.15, -0.1) is 5.48 Å². The van der Waals surface area contributed by atoms with E-state index in [1.54, 1.807) is 20.8 Å². The third-order valence-electron chi connectivity index (χ3n) is 3.37. The maximum atomic E-state index is 12.0. The van der Waals surface area contributed by atoms with Crippen LogP contribution in [0.1, 0.15) is 43.0 Å². The summed E-state index contributed by atoms with van der Waals surface area (Å²) in [4.78, 5) is 28.7.